The summed E-state index contributed by atoms with van der Waals surface area (Å²) in [5, 5.41) is 19.4. The van der Waals surface area contributed by atoms with Crippen molar-refractivity contribution in [3.05, 3.63) is 34.9 Å². The number of rotatable bonds is 5. The normalized spacial score (nSPS) is 13.4. The van der Waals surface area contributed by atoms with Crippen LogP contribution in [0.25, 0.3) is 0 Å². The second-order valence-electron chi connectivity index (χ2n) is 4.89. The highest BCUT2D eigenvalue weighted by Gasteiger charge is 2.26. The maximum Gasteiger partial charge on any atom is 0.306 e. The van der Waals surface area contributed by atoms with E-state index in [4.69, 9.17) is 16.7 Å². The smallest absolute Gasteiger partial charge is 0.306 e. The fourth-order valence-corrected chi connectivity index (χ4v) is 2.01. The maximum atomic E-state index is 11.1. The highest BCUT2D eigenvalue weighted by atomic mass is 35.5. The number of hydrogen-bond acceptors (Lipinski definition) is 2. The molecule has 0 radical (unpaired) electrons. The molecule has 0 aliphatic carbocycles. The number of hydrogen-bond donors (Lipinski definition) is 2. The van der Waals surface area contributed by atoms with E-state index in [1.165, 1.54) is 0 Å². The van der Waals surface area contributed by atoms with Crippen molar-refractivity contribution in [2.24, 2.45) is 5.92 Å². The van der Waals surface area contributed by atoms with E-state index in [9.17, 15) is 9.90 Å². The molecule has 1 aromatic rings. The SMILES string of the molecule is CC(C)(O)CC(Cc1cccc(Cl)c1)C(=O)O. The molecule has 0 saturated carbocycles. The molecule has 94 valence electrons. The molecule has 4 heteroatoms. The molecule has 1 unspecified atom stereocenters. The molecule has 0 saturated heterocycles. The van der Waals surface area contributed by atoms with Crippen molar-refractivity contribution < 1.29 is 15.0 Å². The van der Waals surface area contributed by atoms with Crippen LogP contribution in [0.15, 0.2) is 24.3 Å². The Hall–Kier alpha value is -1.06. The number of halogens is 1. The molecule has 0 aromatic heterocycles. The molecule has 0 aliphatic heterocycles. The van der Waals surface area contributed by atoms with Gasteiger partial charge in [0.1, 0.15) is 0 Å². The van der Waals surface area contributed by atoms with E-state index in [1.54, 1.807) is 32.0 Å². The zero-order valence-corrected chi connectivity index (χ0v) is 10.7. The second-order valence-corrected chi connectivity index (χ2v) is 5.32. The zero-order valence-electron chi connectivity index (χ0n) is 9.98. The lowest BCUT2D eigenvalue weighted by molar-refractivity contribution is -0.143. The van der Waals surface area contributed by atoms with Crippen LogP contribution < -0.4 is 0 Å². The van der Waals surface area contributed by atoms with E-state index in [-0.39, 0.29) is 6.42 Å². The van der Waals surface area contributed by atoms with Gasteiger partial charge in [0.15, 0.2) is 0 Å². The Balaban J connectivity index is 2.77. The van der Waals surface area contributed by atoms with Gasteiger partial charge in [-0.1, -0.05) is 23.7 Å². The van der Waals surface area contributed by atoms with E-state index in [1.807, 2.05) is 6.07 Å². The van der Waals surface area contributed by atoms with E-state index in [2.05, 4.69) is 0 Å². The number of aliphatic carboxylic acids is 1. The van der Waals surface area contributed by atoms with Crippen LogP contribution in [0, 0.1) is 5.92 Å². The fraction of sp³-hybridized carbons (Fsp3) is 0.462. The molecule has 0 spiro atoms. The maximum absolute atomic E-state index is 11.1. The topological polar surface area (TPSA) is 57.5 Å². The Morgan fingerprint density at radius 2 is 2.12 bits per heavy atom. The Labute approximate surface area is 106 Å². The van der Waals surface area contributed by atoms with Crippen molar-refractivity contribution >= 4 is 17.6 Å². The lowest BCUT2D eigenvalue weighted by Gasteiger charge is -2.22. The minimum Gasteiger partial charge on any atom is -0.481 e. The van der Waals surface area contributed by atoms with Crippen LogP contribution in [0.5, 0.6) is 0 Å². The zero-order chi connectivity index (χ0) is 13.1. The Morgan fingerprint density at radius 1 is 1.47 bits per heavy atom. The van der Waals surface area contributed by atoms with Crippen LogP contribution in [0.4, 0.5) is 0 Å². The summed E-state index contributed by atoms with van der Waals surface area (Å²) in [6.07, 6.45) is 0.592. The predicted molar refractivity (Wildman–Crippen MR) is 67.2 cm³/mol. The predicted octanol–water partition coefficient (Wildman–Crippen LogP) is 2.74. The van der Waals surface area contributed by atoms with Crippen molar-refractivity contribution in [2.75, 3.05) is 0 Å². The average molecular weight is 257 g/mol. The van der Waals surface area contributed by atoms with Crippen LogP contribution in [0.2, 0.25) is 5.02 Å². The van der Waals surface area contributed by atoms with Crippen LogP contribution in [-0.2, 0) is 11.2 Å². The molecule has 0 heterocycles. The summed E-state index contributed by atoms with van der Waals surface area (Å²) in [6, 6.07) is 7.13. The van der Waals surface area contributed by atoms with E-state index < -0.39 is 17.5 Å². The summed E-state index contributed by atoms with van der Waals surface area (Å²) < 4.78 is 0. The van der Waals surface area contributed by atoms with Gasteiger partial charge in [-0.3, -0.25) is 4.79 Å². The molecule has 3 nitrogen and oxygen atoms in total. The molecule has 1 rings (SSSR count). The third-order valence-electron chi connectivity index (χ3n) is 2.47. The van der Waals surface area contributed by atoms with E-state index in [0.717, 1.165) is 5.56 Å². The summed E-state index contributed by atoms with van der Waals surface area (Å²) >= 11 is 5.84. The highest BCUT2D eigenvalue weighted by Crippen LogP contribution is 2.22. The number of carboxylic acids is 1. The van der Waals surface area contributed by atoms with Gasteiger partial charge in [-0.2, -0.15) is 0 Å². The Morgan fingerprint density at radius 3 is 2.59 bits per heavy atom. The lowest BCUT2D eigenvalue weighted by atomic mass is 9.89. The summed E-state index contributed by atoms with van der Waals surface area (Å²) in [5.74, 6) is -1.50. The van der Waals surface area contributed by atoms with Gasteiger partial charge in [0.25, 0.3) is 0 Å². The first-order chi connectivity index (χ1) is 7.78. The number of carbonyl (C=O) groups is 1. The highest BCUT2D eigenvalue weighted by molar-refractivity contribution is 6.30. The summed E-state index contributed by atoms with van der Waals surface area (Å²) in [6.45, 7) is 3.22. The third-order valence-corrected chi connectivity index (χ3v) is 2.70. The molecule has 17 heavy (non-hydrogen) atoms. The second kappa shape index (κ2) is 5.52. The summed E-state index contributed by atoms with van der Waals surface area (Å²) in [5.41, 5.74) is -0.115. The van der Waals surface area contributed by atoms with Crippen molar-refractivity contribution in [3.63, 3.8) is 0 Å². The van der Waals surface area contributed by atoms with Crippen LogP contribution in [0.3, 0.4) is 0 Å². The summed E-state index contributed by atoms with van der Waals surface area (Å²) in [4.78, 5) is 11.1. The third kappa shape index (κ3) is 5.20. The van der Waals surface area contributed by atoms with Gasteiger partial charge in [-0.25, -0.2) is 0 Å². The van der Waals surface area contributed by atoms with Crippen molar-refractivity contribution in [1.29, 1.82) is 0 Å². The molecule has 0 bridgehead atoms. The molecule has 0 amide bonds. The minimum atomic E-state index is -0.984. The molecule has 1 aromatic carbocycles. The van der Waals surface area contributed by atoms with E-state index >= 15 is 0 Å². The Bertz CT molecular complexity index is 396. The molecule has 1 atom stereocenters. The molecular formula is C13H17ClO3. The van der Waals surface area contributed by atoms with Gasteiger partial charge in [0.2, 0.25) is 0 Å². The van der Waals surface area contributed by atoms with Gasteiger partial charge < -0.3 is 10.2 Å². The fourth-order valence-electron chi connectivity index (χ4n) is 1.80. The van der Waals surface area contributed by atoms with Crippen molar-refractivity contribution in [3.8, 4) is 0 Å². The van der Waals surface area contributed by atoms with Crippen molar-refractivity contribution in [2.45, 2.75) is 32.3 Å². The van der Waals surface area contributed by atoms with E-state index in [0.29, 0.717) is 11.4 Å². The average Bonchev–Trinajstić information content (AvgIpc) is 2.14. The van der Waals surface area contributed by atoms with Crippen molar-refractivity contribution in [1.82, 2.24) is 0 Å². The van der Waals surface area contributed by atoms with Crippen LogP contribution in [-0.4, -0.2) is 21.8 Å². The van der Waals surface area contributed by atoms with Gasteiger partial charge in [0.05, 0.1) is 11.5 Å². The van der Waals surface area contributed by atoms with Crippen LogP contribution in [0.1, 0.15) is 25.8 Å². The van der Waals surface area contributed by atoms with Gasteiger partial charge in [-0.05, 0) is 44.4 Å². The molecular weight excluding hydrogens is 240 g/mol. The van der Waals surface area contributed by atoms with Gasteiger partial charge in [-0.15, -0.1) is 0 Å². The molecule has 0 fully saturated rings. The number of benzene rings is 1. The number of carboxylic acid groups (broad SMARTS) is 1. The molecule has 0 aliphatic rings. The van der Waals surface area contributed by atoms with Gasteiger partial charge in [0, 0.05) is 5.02 Å². The van der Waals surface area contributed by atoms with Gasteiger partial charge >= 0.3 is 5.97 Å². The standard InChI is InChI=1S/C13H17ClO3/c1-13(2,17)8-10(12(15)16)6-9-4-3-5-11(14)7-9/h3-5,7,10,17H,6,8H2,1-2H3,(H,15,16). The molecule has 2 N–H and O–H groups in total. The monoisotopic (exact) mass is 256 g/mol. The first kappa shape index (κ1) is 14.0. The minimum absolute atomic E-state index is 0.217. The first-order valence-corrected chi connectivity index (χ1v) is 5.85. The quantitative estimate of drug-likeness (QED) is 0.852. The Kier molecular flexibility index (Phi) is 4.54. The lowest BCUT2D eigenvalue weighted by Crippen LogP contribution is -2.28. The largest absolute Gasteiger partial charge is 0.481 e. The summed E-state index contributed by atoms with van der Waals surface area (Å²) in [7, 11) is 0. The number of aliphatic hydroxyl groups is 1. The van der Waals surface area contributed by atoms with Crippen LogP contribution >= 0.6 is 11.6 Å². The first-order valence-electron chi connectivity index (χ1n) is 5.47.